The zero-order valence-corrected chi connectivity index (χ0v) is 16.9. The maximum absolute atomic E-state index is 11.9. The molecule has 0 aliphatic heterocycles. The summed E-state index contributed by atoms with van der Waals surface area (Å²) in [5.41, 5.74) is 3.47. The lowest BCUT2D eigenvalue weighted by Crippen LogP contribution is -2.18. The van der Waals surface area contributed by atoms with E-state index in [1.54, 1.807) is 0 Å². The van der Waals surface area contributed by atoms with Crippen molar-refractivity contribution in [2.24, 2.45) is 11.8 Å². The molecule has 1 saturated carbocycles. The second kappa shape index (κ2) is 8.91. The van der Waals surface area contributed by atoms with Crippen LogP contribution in [0.3, 0.4) is 0 Å². The van der Waals surface area contributed by atoms with Crippen LogP contribution in [0.15, 0.2) is 54.9 Å². The number of rotatable bonds is 8. The lowest BCUT2D eigenvalue weighted by atomic mass is 9.87. The Bertz CT molecular complexity index is 928. The van der Waals surface area contributed by atoms with E-state index in [9.17, 15) is 4.79 Å². The molecule has 4 heteroatoms. The summed E-state index contributed by atoms with van der Waals surface area (Å²) in [7, 11) is 0. The van der Waals surface area contributed by atoms with Gasteiger partial charge in [0.15, 0.2) is 0 Å². The van der Waals surface area contributed by atoms with Crippen LogP contribution in [0.1, 0.15) is 44.9 Å². The van der Waals surface area contributed by atoms with Gasteiger partial charge in [-0.3, -0.25) is 4.79 Å². The van der Waals surface area contributed by atoms with E-state index in [1.807, 2.05) is 18.3 Å². The molecule has 1 fully saturated rings. The van der Waals surface area contributed by atoms with Crippen LogP contribution in [-0.2, 0) is 11.3 Å². The molecule has 1 atom stereocenters. The van der Waals surface area contributed by atoms with E-state index >= 15 is 0 Å². The van der Waals surface area contributed by atoms with Crippen molar-refractivity contribution in [1.29, 1.82) is 0 Å². The van der Waals surface area contributed by atoms with Crippen LogP contribution in [0, 0.1) is 11.8 Å². The van der Waals surface area contributed by atoms with Crippen molar-refractivity contribution in [1.82, 2.24) is 9.55 Å². The number of hydrogen-bond donors (Lipinski definition) is 0. The van der Waals surface area contributed by atoms with Gasteiger partial charge < -0.3 is 4.57 Å². The van der Waals surface area contributed by atoms with Crippen molar-refractivity contribution in [3.05, 3.63) is 54.9 Å². The van der Waals surface area contributed by atoms with E-state index in [0.717, 1.165) is 44.3 Å². The Morgan fingerprint density at radius 1 is 1.11 bits per heavy atom. The Kier molecular flexibility index (Phi) is 6.11. The molecule has 3 aromatic rings. The zero-order valence-electron chi connectivity index (χ0n) is 16.2. The lowest BCUT2D eigenvalue weighted by Gasteiger charge is -2.19. The van der Waals surface area contributed by atoms with Crippen LogP contribution in [0.2, 0.25) is 0 Å². The van der Waals surface area contributed by atoms with E-state index in [-0.39, 0.29) is 11.2 Å². The van der Waals surface area contributed by atoms with Gasteiger partial charge in [0.2, 0.25) is 5.24 Å². The van der Waals surface area contributed by atoms with Crippen LogP contribution in [0.4, 0.5) is 0 Å². The Balaban J connectivity index is 1.44. The van der Waals surface area contributed by atoms with Crippen molar-refractivity contribution in [3.8, 4) is 11.1 Å². The number of unbranched alkanes of at least 4 members (excludes halogenated alkanes) is 1. The number of fused-ring (bicyclic) bond motifs is 1. The molecule has 1 aliphatic rings. The molecular formula is C24H27ClN2O. The van der Waals surface area contributed by atoms with Crippen LogP contribution in [0.5, 0.6) is 0 Å². The SMILES string of the molecule is O=C(Cl)C(CCCCn1cc(-c2ccccc2)c2cccnc21)C1CCCC1. The van der Waals surface area contributed by atoms with Gasteiger partial charge in [-0.2, -0.15) is 0 Å². The smallest absolute Gasteiger partial charge is 0.224 e. The van der Waals surface area contributed by atoms with E-state index < -0.39 is 0 Å². The zero-order chi connectivity index (χ0) is 19.3. The molecule has 0 bridgehead atoms. The van der Waals surface area contributed by atoms with Crippen LogP contribution in [0.25, 0.3) is 22.2 Å². The molecule has 28 heavy (non-hydrogen) atoms. The number of aryl methyl sites for hydroxylation is 1. The largest absolute Gasteiger partial charge is 0.332 e. The third kappa shape index (κ3) is 4.15. The Labute approximate surface area is 171 Å². The molecule has 3 nitrogen and oxygen atoms in total. The van der Waals surface area contributed by atoms with Gasteiger partial charge in [-0.25, -0.2) is 4.98 Å². The highest BCUT2D eigenvalue weighted by molar-refractivity contribution is 6.64. The molecule has 0 saturated heterocycles. The maximum Gasteiger partial charge on any atom is 0.224 e. The van der Waals surface area contributed by atoms with E-state index in [2.05, 4.69) is 46.1 Å². The van der Waals surface area contributed by atoms with Crippen molar-refractivity contribution in [3.63, 3.8) is 0 Å². The standard InChI is InChI=1S/C24H27ClN2O/c25-23(28)20(18-11-4-5-12-18)13-6-7-16-27-17-22(19-9-2-1-3-10-19)21-14-8-15-26-24(21)27/h1-3,8-10,14-15,17-18,20H,4-7,11-13,16H2. The lowest BCUT2D eigenvalue weighted by molar-refractivity contribution is -0.116. The van der Waals surface area contributed by atoms with Gasteiger partial charge >= 0.3 is 0 Å². The molecular weight excluding hydrogens is 368 g/mol. The van der Waals surface area contributed by atoms with Crippen molar-refractivity contribution < 1.29 is 4.79 Å². The molecule has 0 radical (unpaired) electrons. The number of hydrogen-bond acceptors (Lipinski definition) is 2. The van der Waals surface area contributed by atoms with Gasteiger partial charge in [0.05, 0.1) is 0 Å². The fourth-order valence-corrected chi connectivity index (χ4v) is 4.97. The second-order valence-electron chi connectivity index (χ2n) is 7.93. The molecule has 1 aromatic carbocycles. The topological polar surface area (TPSA) is 34.9 Å². The molecule has 0 N–H and O–H groups in total. The van der Waals surface area contributed by atoms with Crippen LogP contribution < -0.4 is 0 Å². The normalized spacial score (nSPS) is 15.9. The fourth-order valence-electron chi connectivity index (χ4n) is 4.68. The molecule has 146 valence electrons. The fraction of sp³-hybridized carbons (Fsp3) is 0.417. The number of carbonyl (C=O) groups is 1. The molecule has 0 spiro atoms. The predicted octanol–water partition coefficient (Wildman–Crippen LogP) is 6.45. The third-order valence-corrected chi connectivity index (χ3v) is 6.42. The van der Waals surface area contributed by atoms with Crippen LogP contribution >= 0.6 is 11.6 Å². The van der Waals surface area contributed by atoms with E-state index in [1.165, 1.54) is 29.4 Å². The number of aromatic nitrogens is 2. The van der Waals surface area contributed by atoms with Crippen molar-refractivity contribution in [2.45, 2.75) is 51.5 Å². The minimum Gasteiger partial charge on any atom is -0.332 e. The molecule has 1 aliphatic carbocycles. The predicted molar refractivity (Wildman–Crippen MR) is 115 cm³/mol. The molecule has 2 heterocycles. The van der Waals surface area contributed by atoms with Gasteiger partial charge in [-0.15, -0.1) is 0 Å². The second-order valence-corrected chi connectivity index (χ2v) is 8.30. The highest BCUT2D eigenvalue weighted by Crippen LogP contribution is 2.35. The third-order valence-electron chi connectivity index (χ3n) is 6.14. The average Bonchev–Trinajstić information content (AvgIpc) is 3.37. The number of carbonyl (C=O) groups excluding carboxylic acids is 1. The first-order valence-electron chi connectivity index (χ1n) is 10.4. The number of halogens is 1. The monoisotopic (exact) mass is 394 g/mol. The van der Waals surface area contributed by atoms with Crippen molar-refractivity contribution in [2.75, 3.05) is 0 Å². The first-order chi connectivity index (χ1) is 13.7. The quantitative estimate of drug-likeness (QED) is 0.325. The number of benzene rings is 1. The van der Waals surface area contributed by atoms with E-state index in [4.69, 9.17) is 11.6 Å². The van der Waals surface area contributed by atoms with Gasteiger partial charge in [0, 0.05) is 35.8 Å². The Morgan fingerprint density at radius 3 is 2.64 bits per heavy atom. The summed E-state index contributed by atoms with van der Waals surface area (Å²) >= 11 is 5.91. The minimum absolute atomic E-state index is 0.0450. The first-order valence-corrected chi connectivity index (χ1v) is 10.8. The number of pyridine rings is 1. The molecule has 0 amide bonds. The summed E-state index contributed by atoms with van der Waals surface area (Å²) in [6.07, 6.45) is 11.8. The minimum atomic E-state index is -0.133. The Morgan fingerprint density at radius 2 is 1.89 bits per heavy atom. The maximum atomic E-state index is 11.9. The van der Waals surface area contributed by atoms with Crippen LogP contribution in [-0.4, -0.2) is 14.8 Å². The highest BCUT2D eigenvalue weighted by Gasteiger charge is 2.29. The van der Waals surface area contributed by atoms with Gasteiger partial charge in [0.25, 0.3) is 0 Å². The Hall–Kier alpha value is -2.13. The number of nitrogens with zero attached hydrogens (tertiary/aromatic N) is 2. The average molecular weight is 395 g/mol. The van der Waals surface area contributed by atoms with Crippen molar-refractivity contribution >= 4 is 27.9 Å². The summed E-state index contributed by atoms with van der Waals surface area (Å²) in [5.74, 6) is 0.548. The first kappa shape index (κ1) is 19.2. The van der Waals surface area contributed by atoms with E-state index in [0.29, 0.717) is 5.92 Å². The highest BCUT2D eigenvalue weighted by atomic mass is 35.5. The summed E-state index contributed by atoms with van der Waals surface area (Å²) < 4.78 is 2.25. The molecule has 2 aromatic heterocycles. The summed E-state index contributed by atoms with van der Waals surface area (Å²) in [4.78, 5) is 16.5. The molecule has 1 unspecified atom stereocenters. The van der Waals surface area contributed by atoms with Gasteiger partial charge in [-0.05, 0) is 60.9 Å². The summed E-state index contributed by atoms with van der Waals surface area (Å²) in [5, 5.41) is 1.06. The summed E-state index contributed by atoms with van der Waals surface area (Å²) in [6, 6.07) is 14.6. The summed E-state index contributed by atoms with van der Waals surface area (Å²) in [6.45, 7) is 0.911. The van der Waals surface area contributed by atoms with Gasteiger partial charge in [0.1, 0.15) is 5.65 Å². The molecule has 4 rings (SSSR count). The van der Waals surface area contributed by atoms with Gasteiger partial charge in [-0.1, -0.05) is 49.6 Å².